The lowest BCUT2D eigenvalue weighted by Gasteiger charge is -2.22. The van der Waals surface area contributed by atoms with Crippen LogP contribution >= 0.6 is 0 Å². The van der Waals surface area contributed by atoms with Crippen molar-refractivity contribution in [2.45, 2.75) is 26.4 Å². The number of carbonyl (C=O) groups excluding carboxylic acids is 3. The van der Waals surface area contributed by atoms with Crippen LogP contribution in [-0.2, 0) is 4.74 Å². The number of benzene rings is 1. The summed E-state index contributed by atoms with van der Waals surface area (Å²) in [4.78, 5) is 36.2. The standard InChI is InChI=1S/C13H13NO4/c1-13(2,3)18-12(17)14-10(15)8-6-4-5-7-9(8)11(14)16/h4-7H,1-3H3. The van der Waals surface area contributed by atoms with Crippen LogP contribution in [0.15, 0.2) is 24.3 Å². The number of nitrogens with zero attached hydrogens (tertiary/aromatic N) is 1. The third-order valence-electron chi connectivity index (χ3n) is 2.37. The zero-order valence-electron chi connectivity index (χ0n) is 10.4. The number of hydrogen-bond donors (Lipinski definition) is 0. The minimum atomic E-state index is -0.936. The van der Waals surface area contributed by atoms with Crippen molar-refractivity contribution in [3.05, 3.63) is 35.4 Å². The highest BCUT2D eigenvalue weighted by Crippen LogP contribution is 2.24. The topological polar surface area (TPSA) is 63.7 Å². The summed E-state index contributed by atoms with van der Waals surface area (Å²) in [5.41, 5.74) is -0.298. The van der Waals surface area contributed by atoms with Crippen LogP contribution in [0.5, 0.6) is 0 Å². The fourth-order valence-corrected chi connectivity index (χ4v) is 1.66. The Labute approximate surface area is 104 Å². The van der Waals surface area contributed by atoms with E-state index < -0.39 is 23.5 Å². The van der Waals surface area contributed by atoms with Crippen LogP contribution in [-0.4, -0.2) is 28.4 Å². The van der Waals surface area contributed by atoms with E-state index in [-0.39, 0.29) is 11.1 Å². The second-order valence-corrected chi connectivity index (χ2v) is 4.97. The first-order valence-corrected chi connectivity index (χ1v) is 5.52. The molecule has 5 nitrogen and oxygen atoms in total. The lowest BCUT2D eigenvalue weighted by atomic mass is 10.1. The molecule has 1 aromatic carbocycles. The van der Waals surface area contributed by atoms with Gasteiger partial charge in [0.05, 0.1) is 11.1 Å². The summed E-state index contributed by atoms with van der Waals surface area (Å²) >= 11 is 0. The lowest BCUT2D eigenvalue weighted by Crippen LogP contribution is -2.40. The van der Waals surface area contributed by atoms with Gasteiger partial charge >= 0.3 is 6.09 Å². The van der Waals surface area contributed by atoms with Gasteiger partial charge in [-0.2, -0.15) is 4.90 Å². The highest BCUT2D eigenvalue weighted by molar-refractivity contribution is 6.28. The number of imide groups is 3. The number of carbonyl (C=O) groups is 3. The molecule has 0 aromatic heterocycles. The summed E-state index contributed by atoms with van der Waals surface area (Å²) in [6.07, 6.45) is -0.936. The Morgan fingerprint density at radius 1 is 1.06 bits per heavy atom. The van der Waals surface area contributed by atoms with E-state index in [2.05, 4.69) is 0 Å². The molecule has 1 aliphatic rings. The predicted octanol–water partition coefficient (Wildman–Crippen LogP) is 2.22. The fourth-order valence-electron chi connectivity index (χ4n) is 1.66. The second kappa shape index (κ2) is 3.94. The third kappa shape index (κ3) is 1.99. The third-order valence-corrected chi connectivity index (χ3v) is 2.37. The molecule has 0 unspecified atom stereocenters. The molecule has 0 bridgehead atoms. The largest absolute Gasteiger partial charge is 0.443 e. The maximum absolute atomic E-state index is 11.9. The van der Waals surface area contributed by atoms with Gasteiger partial charge in [0.2, 0.25) is 0 Å². The molecule has 1 aliphatic heterocycles. The van der Waals surface area contributed by atoms with Crippen molar-refractivity contribution in [2.75, 3.05) is 0 Å². The summed E-state index contributed by atoms with van der Waals surface area (Å²) in [7, 11) is 0. The Morgan fingerprint density at radius 3 is 1.89 bits per heavy atom. The van der Waals surface area contributed by atoms with Crippen molar-refractivity contribution >= 4 is 17.9 Å². The molecule has 0 N–H and O–H groups in total. The van der Waals surface area contributed by atoms with Crippen LogP contribution < -0.4 is 0 Å². The normalized spacial score (nSPS) is 14.7. The first kappa shape index (κ1) is 12.3. The molecule has 0 aliphatic carbocycles. The summed E-state index contributed by atoms with van der Waals surface area (Å²) in [5, 5.41) is 0. The Balaban J connectivity index is 2.32. The SMILES string of the molecule is CC(C)(C)OC(=O)N1C(=O)c2ccccc2C1=O. The van der Waals surface area contributed by atoms with E-state index in [1.807, 2.05) is 0 Å². The van der Waals surface area contributed by atoms with Crippen molar-refractivity contribution in [2.24, 2.45) is 0 Å². The maximum Gasteiger partial charge on any atom is 0.424 e. The zero-order valence-corrected chi connectivity index (χ0v) is 10.4. The van der Waals surface area contributed by atoms with E-state index in [9.17, 15) is 14.4 Å². The van der Waals surface area contributed by atoms with Gasteiger partial charge in [-0.25, -0.2) is 4.79 Å². The molecule has 3 amide bonds. The van der Waals surface area contributed by atoms with Crippen molar-refractivity contribution in [1.82, 2.24) is 4.90 Å². The maximum atomic E-state index is 11.9. The molecule has 94 valence electrons. The predicted molar refractivity (Wildman–Crippen MR) is 63.2 cm³/mol. The van der Waals surface area contributed by atoms with E-state index in [0.29, 0.717) is 4.90 Å². The fraction of sp³-hybridized carbons (Fsp3) is 0.308. The van der Waals surface area contributed by atoms with Gasteiger partial charge in [-0.1, -0.05) is 12.1 Å². The summed E-state index contributed by atoms with van der Waals surface area (Å²) in [6.45, 7) is 5.01. The lowest BCUT2D eigenvalue weighted by molar-refractivity contribution is 0.0255. The monoisotopic (exact) mass is 247 g/mol. The van der Waals surface area contributed by atoms with E-state index in [1.165, 1.54) is 12.1 Å². The van der Waals surface area contributed by atoms with E-state index in [1.54, 1.807) is 32.9 Å². The first-order valence-electron chi connectivity index (χ1n) is 5.52. The zero-order chi connectivity index (χ0) is 13.5. The van der Waals surface area contributed by atoms with Gasteiger partial charge in [-0.3, -0.25) is 9.59 Å². The van der Waals surface area contributed by atoms with Crippen LogP contribution in [0, 0.1) is 0 Å². The van der Waals surface area contributed by atoms with Crippen molar-refractivity contribution < 1.29 is 19.1 Å². The average molecular weight is 247 g/mol. The number of fused-ring (bicyclic) bond motifs is 1. The van der Waals surface area contributed by atoms with Crippen molar-refractivity contribution in [3.8, 4) is 0 Å². The van der Waals surface area contributed by atoms with Crippen molar-refractivity contribution in [3.63, 3.8) is 0 Å². The van der Waals surface area contributed by atoms with Crippen LogP contribution in [0.3, 0.4) is 0 Å². The Hall–Kier alpha value is -2.17. The van der Waals surface area contributed by atoms with Gasteiger partial charge in [0.15, 0.2) is 0 Å². The molecule has 0 atom stereocenters. The van der Waals surface area contributed by atoms with Crippen LogP contribution in [0.2, 0.25) is 0 Å². The van der Waals surface area contributed by atoms with Crippen LogP contribution in [0.25, 0.3) is 0 Å². The minimum absolute atomic E-state index is 0.230. The molecule has 1 aromatic rings. The van der Waals surface area contributed by atoms with E-state index in [4.69, 9.17) is 4.74 Å². The van der Waals surface area contributed by atoms with Gasteiger partial charge in [-0.05, 0) is 32.9 Å². The van der Waals surface area contributed by atoms with Gasteiger partial charge < -0.3 is 4.74 Å². The number of ether oxygens (including phenoxy) is 1. The molecule has 0 fully saturated rings. The molecule has 0 saturated carbocycles. The van der Waals surface area contributed by atoms with Gasteiger partial charge in [0, 0.05) is 0 Å². The molecule has 18 heavy (non-hydrogen) atoms. The number of rotatable bonds is 0. The summed E-state index contributed by atoms with van der Waals surface area (Å²) < 4.78 is 5.04. The smallest absolute Gasteiger partial charge is 0.424 e. The molecule has 1 heterocycles. The first-order chi connectivity index (χ1) is 8.31. The molecule has 0 spiro atoms. The van der Waals surface area contributed by atoms with Crippen LogP contribution in [0.1, 0.15) is 41.5 Å². The molecule has 5 heteroatoms. The highest BCUT2D eigenvalue weighted by Gasteiger charge is 2.41. The molecular weight excluding hydrogens is 234 g/mol. The van der Waals surface area contributed by atoms with E-state index in [0.717, 1.165) is 0 Å². The van der Waals surface area contributed by atoms with Gasteiger partial charge in [0.1, 0.15) is 5.60 Å². The van der Waals surface area contributed by atoms with Crippen molar-refractivity contribution in [1.29, 1.82) is 0 Å². The summed E-state index contributed by atoms with van der Waals surface area (Å²) in [6, 6.07) is 6.31. The molecular formula is C13H13NO4. The van der Waals surface area contributed by atoms with Gasteiger partial charge in [-0.15, -0.1) is 0 Å². The average Bonchev–Trinajstić information content (AvgIpc) is 2.50. The Morgan fingerprint density at radius 2 is 1.50 bits per heavy atom. The second-order valence-electron chi connectivity index (χ2n) is 4.97. The summed E-state index contributed by atoms with van der Waals surface area (Å²) in [5.74, 6) is -1.27. The number of amides is 3. The van der Waals surface area contributed by atoms with E-state index >= 15 is 0 Å². The molecule has 2 rings (SSSR count). The molecule has 0 radical (unpaired) electrons. The van der Waals surface area contributed by atoms with Crippen LogP contribution in [0.4, 0.5) is 4.79 Å². The highest BCUT2D eigenvalue weighted by atomic mass is 16.6. The minimum Gasteiger partial charge on any atom is -0.443 e. The quantitative estimate of drug-likeness (QED) is 0.659. The number of hydrogen-bond acceptors (Lipinski definition) is 4. The Bertz CT molecular complexity index is 507. The van der Waals surface area contributed by atoms with Gasteiger partial charge in [0.25, 0.3) is 11.8 Å². The molecule has 0 saturated heterocycles. The Kier molecular flexibility index (Phi) is 2.69.